The number of aliphatic hydroxyl groups excluding tert-OH is 1. The Balaban J connectivity index is 2.02. The smallest absolute Gasteiger partial charge is 0.125 e. The van der Waals surface area contributed by atoms with Crippen molar-refractivity contribution in [3.05, 3.63) is 65.2 Å². The molecule has 2 rings (SSSR count). The fraction of sp³-hybridized carbons (Fsp3) is 0.368. The van der Waals surface area contributed by atoms with Gasteiger partial charge in [0, 0.05) is 12.1 Å². The van der Waals surface area contributed by atoms with E-state index < -0.39 is 6.10 Å². The topological polar surface area (TPSA) is 32.7 Å². The van der Waals surface area contributed by atoms with Crippen molar-refractivity contribution in [3.63, 3.8) is 0 Å². The Morgan fingerprint density at radius 3 is 2.41 bits per heavy atom. The lowest BCUT2D eigenvalue weighted by atomic mass is 10.1. The zero-order valence-corrected chi connectivity index (χ0v) is 13.6. The van der Waals surface area contributed by atoms with Crippen molar-refractivity contribution in [3.8, 4) is 5.75 Å². The van der Waals surface area contributed by atoms with Gasteiger partial charge in [-0.15, -0.1) is 0 Å². The van der Waals surface area contributed by atoms with Gasteiger partial charge in [-0.25, -0.2) is 0 Å². The van der Waals surface area contributed by atoms with Crippen LogP contribution in [0.4, 0.5) is 0 Å². The highest BCUT2D eigenvalue weighted by Crippen LogP contribution is 2.27. The number of hydrogen-bond acceptors (Lipinski definition) is 3. The van der Waals surface area contributed by atoms with E-state index in [1.165, 1.54) is 5.56 Å². The SMILES string of the molecule is Cc1ccc(COc2ccccc2C(O)CCN(C)C)cc1. The van der Waals surface area contributed by atoms with Crippen molar-refractivity contribution in [1.29, 1.82) is 0 Å². The Morgan fingerprint density at radius 2 is 1.73 bits per heavy atom. The molecule has 0 fully saturated rings. The monoisotopic (exact) mass is 299 g/mol. The Bertz CT molecular complexity index is 578. The van der Waals surface area contributed by atoms with Crippen LogP contribution in [0.5, 0.6) is 5.75 Å². The molecule has 1 atom stereocenters. The minimum absolute atomic E-state index is 0.503. The van der Waals surface area contributed by atoms with E-state index >= 15 is 0 Å². The van der Waals surface area contributed by atoms with Gasteiger partial charge >= 0.3 is 0 Å². The van der Waals surface area contributed by atoms with Crippen LogP contribution in [0.1, 0.15) is 29.2 Å². The third-order valence-electron chi connectivity index (χ3n) is 3.64. The van der Waals surface area contributed by atoms with Crippen molar-refractivity contribution in [2.45, 2.75) is 26.1 Å². The first-order chi connectivity index (χ1) is 10.6. The lowest BCUT2D eigenvalue weighted by molar-refractivity contribution is 0.148. The highest BCUT2D eigenvalue weighted by Gasteiger charge is 2.13. The van der Waals surface area contributed by atoms with E-state index in [4.69, 9.17) is 4.74 Å². The standard InChI is InChI=1S/C19H25NO2/c1-15-8-10-16(11-9-15)14-22-19-7-5-4-6-17(19)18(21)12-13-20(2)3/h4-11,18,21H,12-14H2,1-3H3. The molecule has 0 aromatic heterocycles. The Morgan fingerprint density at radius 1 is 1.05 bits per heavy atom. The molecule has 0 aliphatic heterocycles. The Hall–Kier alpha value is -1.84. The molecular formula is C19H25NO2. The van der Waals surface area contributed by atoms with Gasteiger partial charge in [0.2, 0.25) is 0 Å². The predicted octanol–water partition coefficient (Wildman–Crippen LogP) is 3.56. The lowest BCUT2D eigenvalue weighted by Gasteiger charge is -2.18. The first kappa shape index (κ1) is 16.5. The molecule has 1 unspecified atom stereocenters. The van der Waals surface area contributed by atoms with Gasteiger partial charge in [0.1, 0.15) is 12.4 Å². The summed E-state index contributed by atoms with van der Waals surface area (Å²) in [7, 11) is 4.01. The summed E-state index contributed by atoms with van der Waals surface area (Å²) in [6, 6.07) is 16.0. The summed E-state index contributed by atoms with van der Waals surface area (Å²) < 4.78 is 5.92. The summed E-state index contributed by atoms with van der Waals surface area (Å²) in [5.41, 5.74) is 3.22. The molecule has 22 heavy (non-hydrogen) atoms. The maximum absolute atomic E-state index is 10.4. The van der Waals surface area contributed by atoms with Gasteiger partial charge < -0.3 is 14.7 Å². The molecule has 0 amide bonds. The number of aliphatic hydroxyl groups is 1. The Labute approximate surface area is 133 Å². The summed E-state index contributed by atoms with van der Waals surface area (Å²) in [6.45, 7) is 3.42. The predicted molar refractivity (Wildman–Crippen MR) is 90.1 cm³/mol. The van der Waals surface area contributed by atoms with Crippen LogP contribution in [0, 0.1) is 6.92 Å². The summed E-state index contributed by atoms with van der Waals surface area (Å²) in [5.74, 6) is 0.759. The zero-order chi connectivity index (χ0) is 15.9. The van der Waals surface area contributed by atoms with Crippen LogP contribution in [-0.2, 0) is 6.61 Å². The van der Waals surface area contributed by atoms with Crippen molar-refractivity contribution in [2.24, 2.45) is 0 Å². The van der Waals surface area contributed by atoms with E-state index in [0.717, 1.165) is 23.4 Å². The van der Waals surface area contributed by atoms with Gasteiger partial charge in [-0.05, 0) is 39.1 Å². The summed E-state index contributed by atoms with van der Waals surface area (Å²) in [6.07, 6.45) is 0.189. The van der Waals surface area contributed by atoms with Gasteiger partial charge in [-0.1, -0.05) is 48.0 Å². The van der Waals surface area contributed by atoms with Crippen molar-refractivity contribution in [2.75, 3.05) is 20.6 Å². The fourth-order valence-electron chi connectivity index (χ4n) is 2.27. The van der Waals surface area contributed by atoms with Crippen LogP contribution in [0.15, 0.2) is 48.5 Å². The summed E-state index contributed by atoms with van der Waals surface area (Å²) in [5, 5.41) is 10.4. The van der Waals surface area contributed by atoms with E-state index in [9.17, 15) is 5.11 Å². The number of benzene rings is 2. The first-order valence-corrected chi connectivity index (χ1v) is 7.66. The van der Waals surface area contributed by atoms with E-state index in [0.29, 0.717) is 13.0 Å². The second-order valence-corrected chi connectivity index (χ2v) is 5.92. The Kier molecular flexibility index (Phi) is 5.99. The van der Waals surface area contributed by atoms with Gasteiger partial charge in [0.05, 0.1) is 6.10 Å². The second-order valence-electron chi connectivity index (χ2n) is 5.92. The van der Waals surface area contributed by atoms with Crippen LogP contribution in [-0.4, -0.2) is 30.6 Å². The number of nitrogens with zero attached hydrogens (tertiary/aromatic N) is 1. The molecule has 3 heteroatoms. The van der Waals surface area contributed by atoms with E-state index in [1.54, 1.807) is 0 Å². The number of para-hydroxylation sites is 1. The normalized spacial score (nSPS) is 12.4. The van der Waals surface area contributed by atoms with Gasteiger partial charge in [-0.3, -0.25) is 0 Å². The second kappa shape index (κ2) is 7.97. The van der Waals surface area contributed by atoms with Gasteiger partial charge in [-0.2, -0.15) is 0 Å². The average molecular weight is 299 g/mol. The third kappa shape index (κ3) is 4.86. The molecule has 2 aromatic carbocycles. The molecule has 0 heterocycles. The molecule has 0 saturated carbocycles. The minimum atomic E-state index is -0.503. The summed E-state index contributed by atoms with van der Waals surface area (Å²) in [4.78, 5) is 2.07. The molecule has 0 aliphatic rings. The molecule has 3 nitrogen and oxygen atoms in total. The highest BCUT2D eigenvalue weighted by molar-refractivity contribution is 5.35. The lowest BCUT2D eigenvalue weighted by Crippen LogP contribution is -2.16. The van der Waals surface area contributed by atoms with Crippen LogP contribution in [0.2, 0.25) is 0 Å². The maximum atomic E-state index is 10.4. The molecule has 0 bridgehead atoms. The fourth-order valence-corrected chi connectivity index (χ4v) is 2.27. The highest BCUT2D eigenvalue weighted by atomic mass is 16.5. The quantitative estimate of drug-likeness (QED) is 0.848. The van der Waals surface area contributed by atoms with Crippen LogP contribution in [0.25, 0.3) is 0 Å². The van der Waals surface area contributed by atoms with Crippen molar-refractivity contribution in [1.82, 2.24) is 4.90 Å². The first-order valence-electron chi connectivity index (χ1n) is 7.66. The van der Waals surface area contributed by atoms with Crippen LogP contribution < -0.4 is 4.74 Å². The average Bonchev–Trinajstić information content (AvgIpc) is 2.52. The largest absolute Gasteiger partial charge is 0.489 e. The van der Waals surface area contributed by atoms with Crippen molar-refractivity contribution >= 4 is 0 Å². The van der Waals surface area contributed by atoms with E-state index in [1.807, 2.05) is 38.4 Å². The van der Waals surface area contributed by atoms with Gasteiger partial charge in [0.25, 0.3) is 0 Å². The molecule has 0 saturated heterocycles. The molecule has 0 radical (unpaired) electrons. The molecule has 0 aliphatic carbocycles. The maximum Gasteiger partial charge on any atom is 0.125 e. The van der Waals surface area contributed by atoms with Crippen LogP contribution in [0.3, 0.4) is 0 Å². The summed E-state index contributed by atoms with van der Waals surface area (Å²) >= 11 is 0. The zero-order valence-electron chi connectivity index (χ0n) is 13.6. The number of rotatable bonds is 7. The molecule has 0 spiro atoms. The molecular weight excluding hydrogens is 274 g/mol. The van der Waals surface area contributed by atoms with Gasteiger partial charge in [0.15, 0.2) is 0 Å². The van der Waals surface area contributed by atoms with E-state index in [-0.39, 0.29) is 0 Å². The minimum Gasteiger partial charge on any atom is -0.489 e. The molecule has 118 valence electrons. The van der Waals surface area contributed by atoms with Crippen LogP contribution >= 0.6 is 0 Å². The number of aryl methyl sites for hydroxylation is 1. The van der Waals surface area contributed by atoms with E-state index in [2.05, 4.69) is 36.1 Å². The third-order valence-corrected chi connectivity index (χ3v) is 3.64. The molecule has 2 aromatic rings. The van der Waals surface area contributed by atoms with Crippen molar-refractivity contribution < 1.29 is 9.84 Å². The molecule has 1 N–H and O–H groups in total. The number of hydrogen-bond donors (Lipinski definition) is 1. The number of ether oxygens (including phenoxy) is 1.